The Kier molecular flexibility index (Phi) is 6.60. The van der Waals surface area contributed by atoms with Crippen LogP contribution in [0, 0.1) is 0 Å². The van der Waals surface area contributed by atoms with Crippen molar-refractivity contribution in [2.24, 2.45) is 0 Å². The molecule has 1 N–H and O–H groups in total. The molecule has 2 aliphatic heterocycles. The largest absolute Gasteiger partial charge is 0.339 e. The molecule has 1 aromatic rings. The molecule has 122 valence electrons. The Bertz CT molecular complexity index is 479. The Morgan fingerprint density at radius 1 is 1.36 bits per heavy atom. The molecule has 1 amide bonds. The zero-order valence-corrected chi connectivity index (χ0v) is 14.7. The second-order valence-electron chi connectivity index (χ2n) is 6.17. The molecular formula is C17H25ClN2OS. The summed E-state index contributed by atoms with van der Waals surface area (Å²) in [7, 11) is 0. The predicted octanol–water partition coefficient (Wildman–Crippen LogP) is 2.91. The van der Waals surface area contributed by atoms with Crippen LogP contribution in [-0.4, -0.2) is 47.5 Å². The second-order valence-corrected chi connectivity index (χ2v) is 7.32. The van der Waals surface area contributed by atoms with Gasteiger partial charge in [0.25, 0.3) is 0 Å². The Morgan fingerprint density at radius 3 is 2.82 bits per heavy atom. The molecule has 3 rings (SSSR count). The lowest BCUT2D eigenvalue weighted by Crippen LogP contribution is -2.43. The monoisotopic (exact) mass is 340 g/mol. The molecule has 2 fully saturated rings. The lowest BCUT2D eigenvalue weighted by Gasteiger charge is -2.27. The first-order valence-electron chi connectivity index (χ1n) is 7.89. The first-order valence-corrected chi connectivity index (χ1v) is 9.05. The van der Waals surface area contributed by atoms with Crippen molar-refractivity contribution in [1.29, 1.82) is 0 Å². The van der Waals surface area contributed by atoms with Crippen molar-refractivity contribution in [2.45, 2.75) is 37.8 Å². The van der Waals surface area contributed by atoms with Gasteiger partial charge in [-0.25, -0.2) is 0 Å². The lowest BCUT2D eigenvalue weighted by atomic mass is 9.97. The summed E-state index contributed by atoms with van der Waals surface area (Å²) in [6.07, 6.45) is 1.74. The standard InChI is InChI=1S/C17H24N2OS.ClH/c1-13-9-15(14-5-3-2-4-6-14)11-19(13)17(20)10-16-12-21-8-7-18-16;/h2-6,13,15-16,18H,7-12H2,1H3;1H. The number of carbonyl (C=O) groups is 1. The Morgan fingerprint density at radius 2 is 2.14 bits per heavy atom. The highest BCUT2D eigenvalue weighted by Crippen LogP contribution is 2.32. The van der Waals surface area contributed by atoms with E-state index in [2.05, 4.69) is 47.5 Å². The molecule has 0 aromatic heterocycles. The fourth-order valence-electron chi connectivity index (χ4n) is 3.42. The molecule has 0 aliphatic carbocycles. The van der Waals surface area contributed by atoms with Crippen molar-refractivity contribution in [2.75, 3.05) is 24.6 Å². The highest BCUT2D eigenvalue weighted by Gasteiger charge is 2.33. The summed E-state index contributed by atoms with van der Waals surface area (Å²) in [6.45, 7) is 4.10. The smallest absolute Gasteiger partial charge is 0.224 e. The number of nitrogens with zero attached hydrogens (tertiary/aromatic N) is 1. The second kappa shape index (κ2) is 8.23. The quantitative estimate of drug-likeness (QED) is 0.918. The number of thioether (sulfide) groups is 1. The zero-order chi connectivity index (χ0) is 14.7. The third-order valence-electron chi connectivity index (χ3n) is 4.59. The number of halogens is 1. The predicted molar refractivity (Wildman–Crippen MR) is 96.0 cm³/mol. The summed E-state index contributed by atoms with van der Waals surface area (Å²) in [6, 6.07) is 11.3. The van der Waals surface area contributed by atoms with E-state index < -0.39 is 0 Å². The van der Waals surface area contributed by atoms with E-state index in [0.717, 1.165) is 25.3 Å². The number of nitrogens with one attached hydrogen (secondary N) is 1. The first-order chi connectivity index (χ1) is 10.2. The van der Waals surface area contributed by atoms with Crippen LogP contribution in [-0.2, 0) is 4.79 Å². The number of likely N-dealkylation sites (tertiary alicyclic amines) is 1. The van der Waals surface area contributed by atoms with Gasteiger partial charge in [0.05, 0.1) is 0 Å². The number of carbonyl (C=O) groups excluding carboxylic acids is 1. The minimum absolute atomic E-state index is 0. The van der Waals surface area contributed by atoms with Crippen molar-refractivity contribution < 1.29 is 4.79 Å². The summed E-state index contributed by atoms with van der Waals surface area (Å²) >= 11 is 1.95. The van der Waals surface area contributed by atoms with Crippen LogP contribution in [0.2, 0.25) is 0 Å². The van der Waals surface area contributed by atoms with Crippen molar-refractivity contribution in [1.82, 2.24) is 10.2 Å². The number of benzene rings is 1. The number of hydrogen-bond acceptors (Lipinski definition) is 3. The molecule has 0 spiro atoms. The summed E-state index contributed by atoms with van der Waals surface area (Å²) in [5.74, 6) is 3.05. The number of amides is 1. The average Bonchev–Trinajstić information content (AvgIpc) is 2.91. The minimum Gasteiger partial charge on any atom is -0.339 e. The molecule has 2 saturated heterocycles. The maximum Gasteiger partial charge on any atom is 0.224 e. The fraction of sp³-hybridized carbons (Fsp3) is 0.588. The van der Waals surface area contributed by atoms with Gasteiger partial charge in [0, 0.05) is 49.0 Å². The van der Waals surface area contributed by atoms with E-state index in [4.69, 9.17) is 0 Å². The fourth-order valence-corrected chi connectivity index (χ4v) is 4.37. The average molecular weight is 341 g/mol. The van der Waals surface area contributed by atoms with Crippen LogP contribution >= 0.6 is 24.2 Å². The van der Waals surface area contributed by atoms with Crippen LogP contribution in [0.1, 0.15) is 31.2 Å². The minimum atomic E-state index is 0. The van der Waals surface area contributed by atoms with E-state index in [-0.39, 0.29) is 12.4 Å². The van der Waals surface area contributed by atoms with Crippen LogP contribution in [0.15, 0.2) is 30.3 Å². The molecule has 3 nitrogen and oxygen atoms in total. The van der Waals surface area contributed by atoms with E-state index in [1.165, 1.54) is 11.3 Å². The Balaban J connectivity index is 0.00000176. The highest BCUT2D eigenvalue weighted by molar-refractivity contribution is 7.99. The molecule has 0 saturated carbocycles. The molecule has 2 aliphatic rings. The van der Waals surface area contributed by atoms with E-state index >= 15 is 0 Å². The third kappa shape index (κ3) is 4.18. The highest BCUT2D eigenvalue weighted by atomic mass is 35.5. The van der Waals surface area contributed by atoms with Crippen LogP contribution in [0.3, 0.4) is 0 Å². The number of hydrogen-bond donors (Lipinski definition) is 1. The van der Waals surface area contributed by atoms with Gasteiger partial charge in [0.15, 0.2) is 0 Å². The van der Waals surface area contributed by atoms with Crippen LogP contribution in [0.5, 0.6) is 0 Å². The van der Waals surface area contributed by atoms with Crippen LogP contribution in [0.4, 0.5) is 0 Å². The van der Waals surface area contributed by atoms with Crippen LogP contribution < -0.4 is 5.32 Å². The van der Waals surface area contributed by atoms with E-state index in [1.54, 1.807) is 0 Å². The lowest BCUT2D eigenvalue weighted by molar-refractivity contribution is -0.132. The molecule has 1 aromatic carbocycles. The topological polar surface area (TPSA) is 32.3 Å². The van der Waals surface area contributed by atoms with Crippen molar-refractivity contribution in [3.8, 4) is 0 Å². The van der Waals surface area contributed by atoms with Crippen LogP contribution in [0.25, 0.3) is 0 Å². The van der Waals surface area contributed by atoms with Gasteiger partial charge in [-0.15, -0.1) is 12.4 Å². The van der Waals surface area contributed by atoms with Crippen molar-refractivity contribution >= 4 is 30.1 Å². The summed E-state index contributed by atoms with van der Waals surface area (Å²) in [4.78, 5) is 14.7. The van der Waals surface area contributed by atoms with Gasteiger partial charge >= 0.3 is 0 Å². The summed E-state index contributed by atoms with van der Waals surface area (Å²) < 4.78 is 0. The molecule has 0 bridgehead atoms. The zero-order valence-electron chi connectivity index (χ0n) is 13.0. The van der Waals surface area contributed by atoms with Gasteiger partial charge in [-0.2, -0.15) is 11.8 Å². The van der Waals surface area contributed by atoms with E-state index in [1.807, 2.05) is 11.8 Å². The van der Waals surface area contributed by atoms with Gasteiger partial charge in [-0.05, 0) is 18.9 Å². The molecule has 3 atom stereocenters. The maximum absolute atomic E-state index is 12.6. The van der Waals surface area contributed by atoms with Crippen molar-refractivity contribution in [3.63, 3.8) is 0 Å². The normalized spacial score (nSPS) is 28.2. The first kappa shape index (κ1) is 17.6. The molecule has 5 heteroatoms. The maximum atomic E-state index is 12.6. The molecule has 3 unspecified atom stereocenters. The number of rotatable bonds is 3. The van der Waals surface area contributed by atoms with Gasteiger partial charge in [0.2, 0.25) is 5.91 Å². The Labute approximate surface area is 143 Å². The molecule has 2 heterocycles. The van der Waals surface area contributed by atoms with E-state index in [0.29, 0.717) is 30.3 Å². The van der Waals surface area contributed by atoms with Gasteiger partial charge in [-0.3, -0.25) is 4.79 Å². The molecule has 22 heavy (non-hydrogen) atoms. The van der Waals surface area contributed by atoms with Crippen molar-refractivity contribution in [3.05, 3.63) is 35.9 Å². The SMILES string of the molecule is CC1CC(c2ccccc2)CN1C(=O)CC1CSCCN1.Cl. The molecule has 0 radical (unpaired) electrons. The molecular weight excluding hydrogens is 316 g/mol. The third-order valence-corrected chi connectivity index (χ3v) is 5.72. The summed E-state index contributed by atoms with van der Waals surface area (Å²) in [5.41, 5.74) is 1.37. The van der Waals surface area contributed by atoms with E-state index in [9.17, 15) is 4.79 Å². The van der Waals surface area contributed by atoms with Gasteiger partial charge in [-0.1, -0.05) is 30.3 Å². The Hall–Kier alpha value is -0.710. The van der Waals surface area contributed by atoms with Gasteiger partial charge in [0.1, 0.15) is 0 Å². The van der Waals surface area contributed by atoms with Gasteiger partial charge < -0.3 is 10.2 Å². The summed E-state index contributed by atoms with van der Waals surface area (Å²) in [5, 5.41) is 3.46.